The van der Waals surface area contributed by atoms with Gasteiger partial charge in [-0.3, -0.25) is 0 Å². The highest BCUT2D eigenvalue weighted by molar-refractivity contribution is 7.92. The molecule has 1 spiro atoms. The van der Waals surface area contributed by atoms with E-state index in [1.807, 2.05) is 12.2 Å². The lowest BCUT2D eigenvalue weighted by Gasteiger charge is -2.12. The smallest absolute Gasteiger partial charge is 0.494 e. The number of hydrogen-bond acceptors (Lipinski definition) is 3. The summed E-state index contributed by atoms with van der Waals surface area (Å²) in [4.78, 5) is -0.811. The van der Waals surface area contributed by atoms with Gasteiger partial charge < -0.3 is 4.74 Å². The van der Waals surface area contributed by atoms with Crippen LogP contribution in [0.1, 0.15) is 24.0 Å². The van der Waals surface area contributed by atoms with Crippen LogP contribution in [0.25, 0.3) is 11.1 Å². The van der Waals surface area contributed by atoms with Gasteiger partial charge in [0.05, 0.1) is 12.0 Å². The molecule has 0 unspecified atom stereocenters. The number of benzene rings is 2. The van der Waals surface area contributed by atoms with Crippen LogP contribution in [-0.2, 0) is 9.84 Å². The van der Waals surface area contributed by atoms with Crippen molar-refractivity contribution in [2.24, 2.45) is 5.41 Å². The van der Waals surface area contributed by atoms with E-state index in [2.05, 4.69) is 0 Å². The van der Waals surface area contributed by atoms with Gasteiger partial charge in [-0.25, -0.2) is 12.8 Å². The maximum absolute atomic E-state index is 14.2. The number of ether oxygens (including phenoxy) is 1. The molecule has 1 fully saturated rings. The van der Waals surface area contributed by atoms with Crippen LogP contribution in [0.15, 0.2) is 59.5 Å². The number of halogens is 4. The molecule has 8 heteroatoms. The topological polar surface area (TPSA) is 43.4 Å². The molecular weight excluding hydrogens is 408 g/mol. The van der Waals surface area contributed by atoms with Gasteiger partial charge in [0.1, 0.15) is 0 Å². The average Bonchev–Trinajstić information content (AvgIpc) is 3.31. The van der Waals surface area contributed by atoms with Crippen LogP contribution >= 0.6 is 0 Å². The largest absolute Gasteiger partial charge is 0.501 e. The highest BCUT2D eigenvalue weighted by atomic mass is 32.2. The van der Waals surface area contributed by atoms with Gasteiger partial charge in [-0.05, 0) is 59.4 Å². The molecule has 2 aromatic carbocycles. The highest BCUT2D eigenvalue weighted by Crippen LogP contribution is 2.57. The van der Waals surface area contributed by atoms with Crippen LogP contribution in [0.5, 0.6) is 5.75 Å². The molecule has 0 bridgehead atoms. The lowest BCUT2D eigenvalue weighted by atomic mass is 9.95. The zero-order valence-corrected chi connectivity index (χ0v) is 16.1. The fourth-order valence-corrected chi connectivity index (χ4v) is 4.23. The minimum absolute atomic E-state index is 0.112. The first kappa shape index (κ1) is 19.7. The van der Waals surface area contributed by atoms with Crippen molar-refractivity contribution in [1.82, 2.24) is 0 Å². The number of alkyl halides is 3. The molecule has 0 amide bonds. The van der Waals surface area contributed by atoms with Gasteiger partial charge in [0.2, 0.25) is 0 Å². The Morgan fingerprint density at radius 3 is 1.97 bits per heavy atom. The molecular formula is C21H16F4O3S. The normalized spacial score (nSPS) is 17.8. The summed E-state index contributed by atoms with van der Waals surface area (Å²) in [6.45, 7) is 0. The number of allylic oxidation sites excluding steroid dienone is 4. The molecule has 29 heavy (non-hydrogen) atoms. The van der Waals surface area contributed by atoms with E-state index in [1.54, 1.807) is 6.07 Å². The van der Waals surface area contributed by atoms with Crippen LogP contribution in [0.2, 0.25) is 0 Å². The molecule has 4 rings (SSSR count). The monoisotopic (exact) mass is 424 g/mol. The van der Waals surface area contributed by atoms with Crippen molar-refractivity contribution in [2.75, 3.05) is 7.11 Å². The lowest BCUT2D eigenvalue weighted by Crippen LogP contribution is -2.23. The summed E-state index contributed by atoms with van der Waals surface area (Å²) in [6, 6.07) is 9.17. The van der Waals surface area contributed by atoms with Crippen molar-refractivity contribution in [1.29, 1.82) is 0 Å². The predicted molar refractivity (Wildman–Crippen MR) is 100 cm³/mol. The molecule has 152 valence electrons. The van der Waals surface area contributed by atoms with E-state index >= 15 is 0 Å². The Balaban J connectivity index is 1.73. The first-order chi connectivity index (χ1) is 13.6. The molecule has 0 atom stereocenters. The van der Waals surface area contributed by atoms with Crippen LogP contribution in [-0.4, -0.2) is 21.0 Å². The summed E-state index contributed by atoms with van der Waals surface area (Å²) in [5.41, 5.74) is -2.80. The maximum Gasteiger partial charge on any atom is 0.501 e. The third kappa shape index (κ3) is 3.35. The number of methoxy groups -OCH3 is 1. The Kier molecular flexibility index (Phi) is 4.38. The van der Waals surface area contributed by atoms with Crippen LogP contribution in [0, 0.1) is 11.2 Å². The Bertz CT molecular complexity index is 1140. The van der Waals surface area contributed by atoms with E-state index in [-0.39, 0.29) is 11.2 Å². The molecule has 0 heterocycles. The van der Waals surface area contributed by atoms with Crippen molar-refractivity contribution >= 4 is 21.0 Å². The maximum atomic E-state index is 14.2. The van der Waals surface area contributed by atoms with Gasteiger partial charge >= 0.3 is 5.51 Å². The minimum Gasteiger partial charge on any atom is -0.494 e. The molecule has 0 radical (unpaired) electrons. The second kappa shape index (κ2) is 6.45. The van der Waals surface area contributed by atoms with Gasteiger partial charge in [-0.2, -0.15) is 13.2 Å². The minimum atomic E-state index is -5.40. The third-order valence-electron chi connectivity index (χ3n) is 5.22. The second-order valence-corrected chi connectivity index (χ2v) is 9.11. The molecule has 0 aromatic heterocycles. The van der Waals surface area contributed by atoms with E-state index in [1.165, 1.54) is 31.4 Å². The second-order valence-electron chi connectivity index (χ2n) is 7.17. The van der Waals surface area contributed by atoms with Crippen molar-refractivity contribution in [2.45, 2.75) is 23.2 Å². The van der Waals surface area contributed by atoms with Crippen LogP contribution in [0.4, 0.5) is 17.6 Å². The van der Waals surface area contributed by atoms with Gasteiger partial charge in [0, 0.05) is 5.41 Å². The standard InChI is InChI=1S/C21H16F4O3S/c1-28-19-7-4-14(10-18(19)22)17-12-20(8-9-20)11-16(17)13-2-5-15(6-3-13)29(26,27)21(23,24)25/h2-7,10-12H,8-9H2,1H3. The van der Waals surface area contributed by atoms with Crippen molar-refractivity contribution in [3.05, 3.63) is 71.6 Å². The highest BCUT2D eigenvalue weighted by Gasteiger charge is 2.47. The van der Waals surface area contributed by atoms with Crippen molar-refractivity contribution in [3.8, 4) is 5.75 Å². The summed E-state index contributed by atoms with van der Waals surface area (Å²) in [5.74, 6) is -0.408. The first-order valence-corrected chi connectivity index (χ1v) is 10.3. The SMILES string of the molecule is COc1ccc(C2=CC3(C=C2c2ccc(S(=O)(=O)C(F)(F)F)cc2)CC3)cc1F. The summed E-state index contributed by atoms with van der Waals surface area (Å²) < 4.78 is 80.6. The number of sulfone groups is 1. The van der Waals surface area contributed by atoms with Gasteiger partial charge in [0.15, 0.2) is 11.6 Å². The molecule has 0 N–H and O–H groups in total. The molecule has 0 aliphatic heterocycles. The van der Waals surface area contributed by atoms with Gasteiger partial charge in [-0.1, -0.05) is 30.4 Å². The molecule has 2 aliphatic rings. The van der Waals surface area contributed by atoms with Crippen molar-refractivity contribution in [3.63, 3.8) is 0 Å². The average molecular weight is 424 g/mol. The number of rotatable bonds is 4. The fraction of sp³-hybridized carbons (Fsp3) is 0.238. The Hall–Kier alpha value is -2.61. The summed E-state index contributed by atoms with van der Waals surface area (Å²) in [5, 5.41) is 0. The molecule has 1 saturated carbocycles. The predicted octanol–water partition coefficient (Wildman–Crippen LogP) is 5.39. The van der Waals surface area contributed by atoms with Crippen molar-refractivity contribution < 1.29 is 30.7 Å². The van der Waals surface area contributed by atoms with Gasteiger partial charge in [0.25, 0.3) is 9.84 Å². The van der Waals surface area contributed by atoms with Crippen LogP contribution < -0.4 is 4.74 Å². The summed E-state index contributed by atoms with van der Waals surface area (Å²) in [6.07, 6.45) is 5.90. The lowest BCUT2D eigenvalue weighted by molar-refractivity contribution is -0.0436. The fourth-order valence-electron chi connectivity index (χ4n) is 3.46. The van der Waals surface area contributed by atoms with E-state index in [4.69, 9.17) is 4.74 Å². The molecule has 2 aromatic rings. The van der Waals surface area contributed by atoms with Crippen LogP contribution in [0.3, 0.4) is 0 Å². The Morgan fingerprint density at radius 2 is 1.48 bits per heavy atom. The van der Waals surface area contributed by atoms with E-state index in [0.717, 1.165) is 36.1 Å². The van der Waals surface area contributed by atoms with Gasteiger partial charge in [-0.15, -0.1) is 0 Å². The molecule has 0 saturated heterocycles. The zero-order valence-electron chi connectivity index (χ0n) is 15.3. The molecule has 3 nitrogen and oxygen atoms in total. The van der Waals surface area contributed by atoms with E-state index in [9.17, 15) is 26.0 Å². The Labute approximate surface area is 165 Å². The third-order valence-corrected chi connectivity index (χ3v) is 6.73. The Morgan fingerprint density at radius 1 is 0.931 bits per heavy atom. The quantitative estimate of drug-likeness (QED) is 0.619. The molecule has 2 aliphatic carbocycles. The zero-order chi connectivity index (χ0) is 21.0. The summed E-state index contributed by atoms with van der Waals surface area (Å²) in [7, 11) is -4.03. The van der Waals surface area contributed by atoms with E-state index in [0.29, 0.717) is 11.1 Å². The number of hydrogen-bond donors (Lipinski definition) is 0. The first-order valence-electron chi connectivity index (χ1n) is 8.78. The van der Waals surface area contributed by atoms with E-state index < -0.39 is 26.1 Å². The summed E-state index contributed by atoms with van der Waals surface area (Å²) >= 11 is 0.